The summed E-state index contributed by atoms with van der Waals surface area (Å²) in [6.07, 6.45) is 3.00. The summed E-state index contributed by atoms with van der Waals surface area (Å²) in [5, 5.41) is 9.36. The number of aromatic amines is 1. The molecule has 0 aliphatic carbocycles. The van der Waals surface area contributed by atoms with E-state index in [1.807, 2.05) is 0 Å². The van der Waals surface area contributed by atoms with Crippen LogP contribution in [0.2, 0.25) is 0 Å². The second kappa shape index (κ2) is 6.33. The average Bonchev–Trinajstić information content (AvgIpc) is 2.90. The van der Waals surface area contributed by atoms with E-state index in [4.69, 9.17) is 5.73 Å². The number of nitrogen functional groups attached to an aromatic ring is 1. The monoisotopic (exact) mass is 323 g/mol. The number of carbonyl (C=O) groups is 1. The first-order valence-corrected chi connectivity index (χ1v) is 6.63. The van der Waals surface area contributed by atoms with E-state index in [0.717, 1.165) is 23.1 Å². The maximum atomic E-state index is 11.9. The fraction of sp³-hybridized carbons (Fsp3) is 0.250. The zero-order valence-electron chi connectivity index (χ0n) is 10.2. The van der Waals surface area contributed by atoms with E-state index >= 15 is 0 Å². The predicted molar refractivity (Wildman–Crippen MR) is 75.6 cm³/mol. The number of benzene rings is 1. The zero-order chi connectivity index (χ0) is 13.7. The van der Waals surface area contributed by atoms with Gasteiger partial charge in [-0.15, -0.1) is 0 Å². The molecule has 0 fully saturated rings. The van der Waals surface area contributed by atoms with Gasteiger partial charge >= 0.3 is 0 Å². The fourth-order valence-electron chi connectivity index (χ4n) is 1.63. The number of carbonyl (C=O) groups excluding carboxylic acids is 1. The number of nitrogens with zero attached hydrogens (tertiary/aromatic N) is 2. The van der Waals surface area contributed by atoms with Gasteiger partial charge in [0, 0.05) is 23.1 Å². The molecule has 0 bridgehead atoms. The Kier molecular flexibility index (Phi) is 4.51. The van der Waals surface area contributed by atoms with Crippen molar-refractivity contribution >= 4 is 27.5 Å². The minimum Gasteiger partial charge on any atom is -0.398 e. The Morgan fingerprint density at radius 3 is 3.05 bits per heavy atom. The van der Waals surface area contributed by atoms with Gasteiger partial charge in [0.05, 0.1) is 5.56 Å². The summed E-state index contributed by atoms with van der Waals surface area (Å²) in [6, 6.07) is 5.21. The van der Waals surface area contributed by atoms with E-state index < -0.39 is 0 Å². The number of rotatable bonds is 5. The smallest absolute Gasteiger partial charge is 0.253 e. The summed E-state index contributed by atoms with van der Waals surface area (Å²) in [7, 11) is 0. The fourth-order valence-corrected chi connectivity index (χ4v) is 1.99. The summed E-state index contributed by atoms with van der Waals surface area (Å²) in [5.74, 6) is 0.646. The van der Waals surface area contributed by atoms with E-state index in [1.165, 1.54) is 6.33 Å². The van der Waals surface area contributed by atoms with E-state index in [2.05, 4.69) is 36.4 Å². The second-order valence-electron chi connectivity index (χ2n) is 4.02. The summed E-state index contributed by atoms with van der Waals surface area (Å²) < 4.78 is 0.827. The van der Waals surface area contributed by atoms with Gasteiger partial charge in [0.25, 0.3) is 5.91 Å². The SMILES string of the molecule is Nc1ccc(Br)cc1C(=O)NCCCc1ncn[nH]1. The molecule has 2 aromatic rings. The van der Waals surface area contributed by atoms with Crippen molar-refractivity contribution in [2.24, 2.45) is 0 Å². The van der Waals surface area contributed by atoms with Crippen LogP contribution in [0.3, 0.4) is 0 Å². The number of amides is 1. The lowest BCUT2D eigenvalue weighted by atomic mass is 10.1. The number of anilines is 1. The first-order chi connectivity index (χ1) is 9.16. The molecule has 6 nitrogen and oxygen atoms in total. The van der Waals surface area contributed by atoms with Crippen molar-refractivity contribution in [3.05, 3.63) is 40.4 Å². The Balaban J connectivity index is 1.82. The normalized spacial score (nSPS) is 10.4. The molecule has 0 unspecified atom stereocenters. The van der Waals surface area contributed by atoms with Crippen LogP contribution in [0.5, 0.6) is 0 Å². The van der Waals surface area contributed by atoms with Gasteiger partial charge in [-0.25, -0.2) is 4.98 Å². The lowest BCUT2D eigenvalue weighted by molar-refractivity contribution is 0.0954. The van der Waals surface area contributed by atoms with Crippen molar-refractivity contribution in [3.63, 3.8) is 0 Å². The van der Waals surface area contributed by atoms with Crippen LogP contribution < -0.4 is 11.1 Å². The third kappa shape index (κ3) is 3.78. The molecule has 7 heteroatoms. The van der Waals surface area contributed by atoms with Crippen molar-refractivity contribution in [2.45, 2.75) is 12.8 Å². The minimum atomic E-state index is -0.170. The summed E-state index contributed by atoms with van der Waals surface area (Å²) in [5.41, 5.74) is 6.72. The number of H-pyrrole nitrogens is 1. The second-order valence-corrected chi connectivity index (χ2v) is 4.94. The highest BCUT2D eigenvalue weighted by Gasteiger charge is 2.09. The Morgan fingerprint density at radius 1 is 1.47 bits per heavy atom. The first kappa shape index (κ1) is 13.5. The van der Waals surface area contributed by atoms with Gasteiger partial charge in [-0.3, -0.25) is 9.89 Å². The minimum absolute atomic E-state index is 0.170. The molecule has 4 N–H and O–H groups in total. The van der Waals surface area contributed by atoms with Gasteiger partial charge in [0.1, 0.15) is 12.2 Å². The molecule has 0 atom stereocenters. The maximum absolute atomic E-state index is 11.9. The van der Waals surface area contributed by atoms with Gasteiger partial charge in [-0.2, -0.15) is 5.10 Å². The summed E-state index contributed by atoms with van der Waals surface area (Å²) >= 11 is 3.32. The van der Waals surface area contributed by atoms with Crippen molar-refractivity contribution in [1.82, 2.24) is 20.5 Å². The van der Waals surface area contributed by atoms with E-state index in [1.54, 1.807) is 18.2 Å². The Hall–Kier alpha value is -1.89. The maximum Gasteiger partial charge on any atom is 0.253 e. The number of aryl methyl sites for hydroxylation is 1. The predicted octanol–water partition coefficient (Wildman–Crippen LogP) is 1.51. The molecule has 1 amide bonds. The van der Waals surface area contributed by atoms with Crippen LogP contribution in [0.15, 0.2) is 29.0 Å². The van der Waals surface area contributed by atoms with E-state index in [0.29, 0.717) is 17.8 Å². The highest BCUT2D eigenvalue weighted by molar-refractivity contribution is 9.10. The number of hydrogen-bond acceptors (Lipinski definition) is 4. The zero-order valence-corrected chi connectivity index (χ0v) is 11.8. The molecule has 1 aromatic heterocycles. The van der Waals surface area contributed by atoms with Crippen LogP contribution in [-0.4, -0.2) is 27.6 Å². The molecule has 100 valence electrons. The highest BCUT2D eigenvalue weighted by atomic mass is 79.9. The van der Waals surface area contributed by atoms with Gasteiger partial charge in [-0.1, -0.05) is 15.9 Å². The van der Waals surface area contributed by atoms with Crippen molar-refractivity contribution in [2.75, 3.05) is 12.3 Å². The van der Waals surface area contributed by atoms with Crippen LogP contribution in [0.4, 0.5) is 5.69 Å². The van der Waals surface area contributed by atoms with Crippen LogP contribution in [0.25, 0.3) is 0 Å². The molecule has 0 aliphatic rings. The molecular weight excluding hydrogens is 310 g/mol. The first-order valence-electron chi connectivity index (χ1n) is 5.84. The third-order valence-electron chi connectivity index (χ3n) is 2.60. The van der Waals surface area contributed by atoms with Crippen LogP contribution in [0, 0.1) is 0 Å². The number of halogens is 1. The van der Waals surface area contributed by atoms with E-state index in [-0.39, 0.29) is 5.91 Å². The average molecular weight is 324 g/mol. The van der Waals surface area contributed by atoms with Crippen LogP contribution >= 0.6 is 15.9 Å². The molecule has 2 rings (SSSR count). The Morgan fingerprint density at radius 2 is 2.32 bits per heavy atom. The highest BCUT2D eigenvalue weighted by Crippen LogP contribution is 2.18. The van der Waals surface area contributed by atoms with Gasteiger partial charge in [0.2, 0.25) is 0 Å². The summed E-state index contributed by atoms with van der Waals surface area (Å²) in [6.45, 7) is 0.561. The molecule has 0 radical (unpaired) electrons. The summed E-state index contributed by atoms with van der Waals surface area (Å²) in [4.78, 5) is 15.9. The van der Waals surface area contributed by atoms with Gasteiger partial charge in [-0.05, 0) is 24.6 Å². The van der Waals surface area contributed by atoms with Crippen molar-refractivity contribution < 1.29 is 4.79 Å². The molecule has 0 aliphatic heterocycles. The lowest BCUT2D eigenvalue weighted by Crippen LogP contribution is -2.25. The Labute approximate surface area is 118 Å². The van der Waals surface area contributed by atoms with Crippen molar-refractivity contribution in [3.8, 4) is 0 Å². The molecule has 0 saturated carbocycles. The quantitative estimate of drug-likeness (QED) is 0.574. The number of nitrogens with two attached hydrogens (primary N) is 1. The topological polar surface area (TPSA) is 96.7 Å². The molecule has 1 heterocycles. The number of nitrogens with one attached hydrogen (secondary N) is 2. The van der Waals surface area contributed by atoms with Gasteiger partial charge < -0.3 is 11.1 Å². The lowest BCUT2D eigenvalue weighted by Gasteiger charge is -2.07. The van der Waals surface area contributed by atoms with Crippen LogP contribution in [-0.2, 0) is 6.42 Å². The molecule has 1 aromatic carbocycles. The van der Waals surface area contributed by atoms with Crippen LogP contribution in [0.1, 0.15) is 22.6 Å². The Bertz CT molecular complexity index is 555. The number of aromatic nitrogens is 3. The van der Waals surface area contributed by atoms with E-state index in [9.17, 15) is 4.79 Å². The largest absolute Gasteiger partial charge is 0.398 e. The molecule has 0 spiro atoms. The standard InChI is InChI=1S/C12H14BrN5O/c13-8-3-4-10(14)9(6-8)12(19)15-5-1-2-11-16-7-17-18-11/h3-4,6-7H,1-2,5,14H2,(H,15,19)(H,16,17,18). The third-order valence-corrected chi connectivity index (χ3v) is 3.09. The molecule has 0 saturated heterocycles. The molecule has 19 heavy (non-hydrogen) atoms. The van der Waals surface area contributed by atoms with Gasteiger partial charge in [0.15, 0.2) is 0 Å². The number of hydrogen-bond donors (Lipinski definition) is 3. The molecular formula is C12H14BrN5O. The van der Waals surface area contributed by atoms with Crippen molar-refractivity contribution in [1.29, 1.82) is 0 Å².